The molecule has 1 fully saturated rings. The fourth-order valence-corrected chi connectivity index (χ4v) is 4.19. The van der Waals surface area contributed by atoms with E-state index in [1.807, 2.05) is 18.2 Å². The van der Waals surface area contributed by atoms with E-state index in [9.17, 15) is 4.79 Å². The van der Waals surface area contributed by atoms with Gasteiger partial charge in [-0.15, -0.1) is 0 Å². The van der Waals surface area contributed by atoms with Crippen LogP contribution in [0.5, 0.6) is 11.5 Å². The lowest BCUT2D eigenvalue weighted by atomic mass is 9.83. The zero-order chi connectivity index (χ0) is 19.4. The van der Waals surface area contributed by atoms with Gasteiger partial charge in [0.05, 0.1) is 0 Å². The van der Waals surface area contributed by atoms with Gasteiger partial charge in [0.15, 0.2) is 11.5 Å². The van der Waals surface area contributed by atoms with Gasteiger partial charge in [0.2, 0.25) is 6.79 Å². The van der Waals surface area contributed by atoms with Gasteiger partial charge >= 0.3 is 5.97 Å². The quantitative estimate of drug-likeness (QED) is 0.710. The van der Waals surface area contributed by atoms with E-state index in [4.69, 9.17) is 14.2 Å². The van der Waals surface area contributed by atoms with Crippen LogP contribution in [0.2, 0.25) is 0 Å². The lowest BCUT2D eigenvalue weighted by Gasteiger charge is -2.41. The number of benzene rings is 2. The maximum Gasteiger partial charge on any atom is 0.303 e. The highest BCUT2D eigenvalue weighted by molar-refractivity contribution is 5.67. The Morgan fingerprint density at radius 3 is 2.57 bits per heavy atom. The summed E-state index contributed by atoms with van der Waals surface area (Å²) in [4.78, 5) is 14.3. The molecule has 0 radical (unpaired) electrons. The number of rotatable bonds is 6. The van der Waals surface area contributed by atoms with Crippen LogP contribution >= 0.6 is 0 Å². The number of nitrogens with zero attached hydrogens (tertiary/aromatic N) is 1. The number of carbonyl (C=O) groups is 1. The van der Waals surface area contributed by atoms with E-state index in [1.165, 1.54) is 12.5 Å². The van der Waals surface area contributed by atoms with Crippen molar-refractivity contribution in [2.75, 3.05) is 26.4 Å². The molecular weight excluding hydrogens is 354 g/mol. The smallest absolute Gasteiger partial charge is 0.303 e. The summed E-state index contributed by atoms with van der Waals surface area (Å²) in [6.07, 6.45) is 3.80. The van der Waals surface area contributed by atoms with Crippen molar-refractivity contribution in [3.05, 3.63) is 59.7 Å². The van der Waals surface area contributed by atoms with Crippen molar-refractivity contribution in [2.45, 2.75) is 38.2 Å². The third-order valence-electron chi connectivity index (χ3n) is 5.68. The number of fused-ring (bicyclic) bond motifs is 1. The molecule has 0 atom stereocenters. The molecule has 0 aromatic heterocycles. The summed E-state index contributed by atoms with van der Waals surface area (Å²) in [6.45, 7) is 4.62. The van der Waals surface area contributed by atoms with Crippen LogP contribution in [0.15, 0.2) is 48.5 Å². The highest BCUT2D eigenvalue weighted by Crippen LogP contribution is 2.42. The minimum absolute atomic E-state index is 0.241. The first-order chi connectivity index (χ1) is 13.6. The van der Waals surface area contributed by atoms with Gasteiger partial charge in [-0.3, -0.25) is 4.79 Å². The Kier molecular flexibility index (Phi) is 5.53. The molecule has 0 N–H and O–H groups in total. The second-order valence-electron chi connectivity index (χ2n) is 7.59. The van der Waals surface area contributed by atoms with Crippen molar-refractivity contribution in [3.8, 4) is 11.5 Å². The average Bonchev–Trinajstić information content (AvgIpc) is 3.18. The Morgan fingerprint density at radius 1 is 1.07 bits per heavy atom. The number of ether oxygens (including phenoxy) is 3. The molecule has 5 nitrogen and oxygen atoms in total. The number of hydrogen-bond acceptors (Lipinski definition) is 5. The van der Waals surface area contributed by atoms with Crippen LogP contribution in [0.3, 0.4) is 0 Å². The molecule has 1 saturated heterocycles. The fraction of sp³-hybridized carbons (Fsp3) is 0.435. The van der Waals surface area contributed by atoms with Crippen LogP contribution in [0.25, 0.3) is 0 Å². The first kappa shape index (κ1) is 18.8. The van der Waals surface area contributed by atoms with Crippen molar-refractivity contribution in [3.63, 3.8) is 0 Å². The molecule has 4 rings (SSSR count). The van der Waals surface area contributed by atoms with Gasteiger partial charge in [-0.1, -0.05) is 36.4 Å². The van der Waals surface area contributed by atoms with Crippen molar-refractivity contribution in [1.82, 2.24) is 4.90 Å². The first-order valence-corrected chi connectivity index (χ1v) is 10.0. The normalized spacial score (nSPS) is 18.0. The molecule has 2 aliphatic heterocycles. The third kappa shape index (κ3) is 4.14. The summed E-state index contributed by atoms with van der Waals surface area (Å²) in [5.41, 5.74) is 1.80. The lowest BCUT2D eigenvalue weighted by molar-refractivity contribution is -0.164. The summed E-state index contributed by atoms with van der Waals surface area (Å²) in [5.74, 6) is 1.24. The van der Waals surface area contributed by atoms with E-state index in [2.05, 4.69) is 35.2 Å². The summed E-state index contributed by atoms with van der Waals surface area (Å²) in [5, 5.41) is 0. The Morgan fingerprint density at radius 2 is 1.82 bits per heavy atom. The van der Waals surface area contributed by atoms with Crippen LogP contribution in [0, 0.1) is 0 Å². The molecule has 0 amide bonds. The van der Waals surface area contributed by atoms with Crippen molar-refractivity contribution in [2.24, 2.45) is 0 Å². The Labute approximate surface area is 166 Å². The average molecular weight is 381 g/mol. The molecule has 148 valence electrons. The molecule has 0 saturated carbocycles. The topological polar surface area (TPSA) is 48.0 Å². The molecule has 28 heavy (non-hydrogen) atoms. The van der Waals surface area contributed by atoms with Gasteiger partial charge in [-0.05, 0) is 42.6 Å². The number of carbonyl (C=O) groups excluding carboxylic acids is 1. The van der Waals surface area contributed by atoms with Crippen LogP contribution in [-0.4, -0.2) is 37.3 Å². The van der Waals surface area contributed by atoms with Crippen LogP contribution < -0.4 is 9.47 Å². The lowest BCUT2D eigenvalue weighted by Crippen LogP contribution is -2.45. The summed E-state index contributed by atoms with van der Waals surface area (Å²) < 4.78 is 16.8. The van der Waals surface area contributed by atoms with Gasteiger partial charge < -0.3 is 19.1 Å². The largest absolute Gasteiger partial charge is 0.454 e. The minimum atomic E-state index is -0.581. The summed E-state index contributed by atoms with van der Waals surface area (Å²) in [6, 6.07) is 16.5. The highest BCUT2D eigenvalue weighted by atomic mass is 16.7. The van der Waals surface area contributed by atoms with Gasteiger partial charge in [0.25, 0.3) is 0 Å². The van der Waals surface area contributed by atoms with Crippen LogP contribution in [0.4, 0.5) is 0 Å². The third-order valence-corrected chi connectivity index (χ3v) is 5.68. The molecule has 0 unspecified atom stereocenters. The predicted octanol–water partition coefficient (Wildman–Crippen LogP) is 3.90. The monoisotopic (exact) mass is 381 g/mol. The van der Waals surface area contributed by atoms with Crippen molar-refractivity contribution in [1.29, 1.82) is 0 Å². The first-order valence-electron chi connectivity index (χ1n) is 10.0. The van der Waals surface area contributed by atoms with Crippen LogP contribution in [0.1, 0.15) is 37.3 Å². The highest BCUT2D eigenvalue weighted by Gasteiger charge is 2.40. The van der Waals surface area contributed by atoms with Gasteiger partial charge in [0, 0.05) is 32.9 Å². The standard InChI is InChI=1S/C23H27NO4/c1-18(25)28-23(20-9-10-21-22(16-20)27-17-26-21)11-14-24(15-12-23)13-5-8-19-6-3-2-4-7-19/h2-4,6-7,9-10,16H,5,8,11-15,17H2,1H3. The molecule has 0 aliphatic carbocycles. The molecule has 2 aromatic carbocycles. The second kappa shape index (κ2) is 8.23. The fourth-order valence-electron chi connectivity index (χ4n) is 4.19. The van der Waals surface area contributed by atoms with Gasteiger partial charge in [-0.2, -0.15) is 0 Å². The van der Waals surface area contributed by atoms with Gasteiger partial charge in [0.1, 0.15) is 5.60 Å². The SMILES string of the molecule is CC(=O)OC1(c2ccc3c(c2)OCO3)CCN(CCCc2ccccc2)CC1. The molecule has 0 bridgehead atoms. The van der Waals surface area contributed by atoms with Crippen molar-refractivity contribution >= 4 is 5.97 Å². The van der Waals surface area contributed by atoms with E-state index in [0.29, 0.717) is 0 Å². The van der Waals surface area contributed by atoms with E-state index < -0.39 is 5.60 Å². The van der Waals surface area contributed by atoms with E-state index >= 15 is 0 Å². The molecule has 5 heteroatoms. The Bertz CT molecular complexity index is 813. The number of hydrogen-bond donors (Lipinski definition) is 0. The maximum absolute atomic E-state index is 11.8. The Hall–Kier alpha value is -2.53. The van der Waals surface area contributed by atoms with E-state index in [1.54, 1.807) is 0 Å². The van der Waals surface area contributed by atoms with Crippen LogP contribution in [-0.2, 0) is 21.6 Å². The number of esters is 1. The zero-order valence-corrected chi connectivity index (χ0v) is 16.4. The summed E-state index contributed by atoms with van der Waals surface area (Å²) >= 11 is 0. The van der Waals surface area contributed by atoms with E-state index in [-0.39, 0.29) is 12.8 Å². The number of likely N-dealkylation sites (tertiary alicyclic amines) is 1. The molecule has 2 aromatic rings. The minimum Gasteiger partial charge on any atom is -0.454 e. The maximum atomic E-state index is 11.8. The predicted molar refractivity (Wildman–Crippen MR) is 106 cm³/mol. The van der Waals surface area contributed by atoms with Crippen molar-refractivity contribution < 1.29 is 19.0 Å². The Balaban J connectivity index is 1.39. The molecule has 0 spiro atoms. The zero-order valence-electron chi connectivity index (χ0n) is 16.4. The molecule has 2 aliphatic rings. The number of aryl methyl sites for hydroxylation is 1. The summed E-state index contributed by atoms with van der Waals surface area (Å²) in [7, 11) is 0. The molecule has 2 heterocycles. The van der Waals surface area contributed by atoms with E-state index in [0.717, 1.165) is 62.4 Å². The van der Waals surface area contributed by atoms with Gasteiger partial charge in [-0.25, -0.2) is 0 Å². The second-order valence-corrected chi connectivity index (χ2v) is 7.59. The number of piperidine rings is 1. The molecular formula is C23H27NO4.